The van der Waals surface area contributed by atoms with Crippen molar-refractivity contribution in [3.63, 3.8) is 0 Å². The maximum Gasteiger partial charge on any atom is 0.135 e. The van der Waals surface area contributed by atoms with Crippen LogP contribution in [0.15, 0.2) is 259 Å². The Morgan fingerprint density at radius 2 is 0.912 bits per heavy atom. The summed E-state index contributed by atoms with van der Waals surface area (Å²) in [4.78, 5) is 2.44. The highest BCUT2D eigenvalue weighted by Gasteiger charge is 2.46. The van der Waals surface area contributed by atoms with Crippen LogP contribution < -0.4 is 4.90 Å². The van der Waals surface area contributed by atoms with E-state index >= 15 is 0 Å². The molecule has 2 heterocycles. The highest BCUT2D eigenvalue weighted by Crippen LogP contribution is 2.58. The van der Waals surface area contributed by atoms with E-state index in [1.54, 1.807) is 0 Å². The van der Waals surface area contributed by atoms with Crippen LogP contribution in [0.2, 0.25) is 0 Å². The predicted molar refractivity (Wildman–Crippen MR) is 283 cm³/mol. The normalized spacial score (nSPS) is 12.8. The van der Waals surface area contributed by atoms with E-state index in [0.717, 1.165) is 44.7 Å². The van der Waals surface area contributed by atoms with Crippen LogP contribution in [0.4, 0.5) is 17.1 Å². The first-order chi connectivity index (χ1) is 33.7. The Balaban J connectivity index is 1.01. The van der Waals surface area contributed by atoms with Gasteiger partial charge < -0.3 is 13.9 Å². The van der Waals surface area contributed by atoms with E-state index in [2.05, 4.69) is 258 Å². The standard InChI is InChI=1S/C65H42N2O/c1-4-19-46(20-5-1)65(47-21-6-2-7-22-47)58-40-45(44-32-37-62-56(39-44)54-26-12-14-28-61(54)67(62)48-23-8-3-9-24-48)31-35-52(58)53-36-33-50(42-59(53)65)66(60-29-16-18-43-17-10-11-25-51(43)60)49-34-38-64-57(41-49)55-27-13-15-30-63(55)68-64/h1-42H. The van der Waals surface area contributed by atoms with Crippen molar-refractivity contribution >= 4 is 71.6 Å². The Labute approximate surface area is 394 Å². The van der Waals surface area contributed by atoms with Crippen LogP contribution in [0.1, 0.15) is 22.3 Å². The Kier molecular flexibility index (Phi) is 8.50. The summed E-state index contributed by atoms with van der Waals surface area (Å²) in [7, 11) is 0. The van der Waals surface area contributed by atoms with Crippen molar-refractivity contribution in [1.29, 1.82) is 0 Å². The van der Waals surface area contributed by atoms with Crippen LogP contribution in [0.25, 0.3) is 82.5 Å². The first kappa shape index (κ1) is 38.4. The van der Waals surface area contributed by atoms with Crippen molar-refractivity contribution < 1.29 is 4.42 Å². The maximum absolute atomic E-state index is 6.37. The predicted octanol–water partition coefficient (Wildman–Crippen LogP) is 17.3. The number of rotatable bonds is 7. The van der Waals surface area contributed by atoms with Crippen LogP contribution in [-0.4, -0.2) is 4.57 Å². The summed E-state index contributed by atoms with van der Waals surface area (Å²) in [6.07, 6.45) is 0. The molecule has 0 unspecified atom stereocenters. The fourth-order valence-corrected chi connectivity index (χ4v) is 11.5. The molecule has 3 nitrogen and oxygen atoms in total. The first-order valence-corrected chi connectivity index (χ1v) is 23.4. The third-order valence-electron chi connectivity index (χ3n) is 14.4. The topological polar surface area (TPSA) is 21.3 Å². The lowest BCUT2D eigenvalue weighted by atomic mass is 9.67. The van der Waals surface area contributed by atoms with Crippen molar-refractivity contribution in [3.05, 3.63) is 277 Å². The van der Waals surface area contributed by atoms with Crippen molar-refractivity contribution in [2.45, 2.75) is 5.41 Å². The molecule has 1 aliphatic rings. The number of aromatic nitrogens is 1. The van der Waals surface area contributed by atoms with E-state index in [0.29, 0.717) is 0 Å². The number of furan rings is 1. The van der Waals surface area contributed by atoms with Crippen LogP contribution in [0.5, 0.6) is 0 Å². The van der Waals surface area contributed by atoms with Gasteiger partial charge in [0.25, 0.3) is 0 Å². The first-order valence-electron chi connectivity index (χ1n) is 23.4. The maximum atomic E-state index is 6.37. The zero-order chi connectivity index (χ0) is 44.8. The van der Waals surface area contributed by atoms with Gasteiger partial charge in [-0.3, -0.25) is 0 Å². The summed E-state index contributed by atoms with van der Waals surface area (Å²) in [5, 5.41) is 7.06. The second kappa shape index (κ2) is 15.1. The SMILES string of the molecule is c1ccc(-n2c3ccccc3c3cc(-c4ccc5c(c4)C(c4ccccc4)(c4ccccc4)c4cc(N(c6ccc7oc8ccccc8c7c6)c6cccc7ccccc67)ccc4-5)ccc32)cc1. The van der Waals surface area contributed by atoms with Gasteiger partial charge in [-0.2, -0.15) is 0 Å². The molecule has 68 heavy (non-hydrogen) atoms. The largest absolute Gasteiger partial charge is 0.456 e. The van der Waals surface area contributed by atoms with Gasteiger partial charge in [0.15, 0.2) is 0 Å². The third-order valence-corrected chi connectivity index (χ3v) is 14.4. The summed E-state index contributed by atoms with van der Waals surface area (Å²) in [5.74, 6) is 0. The number of para-hydroxylation sites is 3. The average molecular weight is 867 g/mol. The molecule has 13 aromatic rings. The number of benzene rings is 11. The van der Waals surface area contributed by atoms with Gasteiger partial charge in [0, 0.05) is 44.0 Å². The Morgan fingerprint density at radius 1 is 0.353 bits per heavy atom. The molecule has 0 radical (unpaired) electrons. The molecule has 0 bridgehead atoms. The molecule has 0 aliphatic heterocycles. The van der Waals surface area contributed by atoms with Gasteiger partial charge in [-0.1, -0.05) is 176 Å². The van der Waals surface area contributed by atoms with E-state index in [1.165, 1.54) is 77.1 Å². The number of hydrogen-bond donors (Lipinski definition) is 0. The van der Waals surface area contributed by atoms with Crippen molar-refractivity contribution in [2.24, 2.45) is 0 Å². The molecule has 0 saturated carbocycles. The van der Waals surface area contributed by atoms with E-state index < -0.39 is 5.41 Å². The van der Waals surface area contributed by atoms with E-state index in [-0.39, 0.29) is 0 Å². The molecule has 11 aromatic carbocycles. The molecule has 3 heteroatoms. The van der Waals surface area contributed by atoms with Gasteiger partial charge in [0.2, 0.25) is 0 Å². The lowest BCUT2D eigenvalue weighted by Crippen LogP contribution is -2.28. The lowest BCUT2D eigenvalue weighted by molar-refractivity contribution is 0.669. The number of fused-ring (bicyclic) bond motifs is 10. The Hall–Kier alpha value is -8.92. The minimum atomic E-state index is -0.637. The van der Waals surface area contributed by atoms with Crippen molar-refractivity contribution in [3.8, 4) is 27.9 Å². The molecule has 0 fully saturated rings. The number of nitrogens with zero attached hydrogens (tertiary/aromatic N) is 2. The summed E-state index contributed by atoms with van der Waals surface area (Å²) in [6, 6.07) is 93.4. The fourth-order valence-electron chi connectivity index (χ4n) is 11.5. The van der Waals surface area contributed by atoms with Crippen LogP contribution in [0.3, 0.4) is 0 Å². The molecular weight excluding hydrogens is 825 g/mol. The third kappa shape index (κ3) is 5.66. The number of anilines is 3. The average Bonchev–Trinajstić information content (AvgIpc) is 4.05. The second-order valence-electron chi connectivity index (χ2n) is 18.0. The second-order valence-corrected chi connectivity index (χ2v) is 18.0. The van der Waals surface area contributed by atoms with Gasteiger partial charge in [-0.05, 0) is 129 Å². The minimum absolute atomic E-state index is 0.637. The van der Waals surface area contributed by atoms with E-state index in [1.807, 2.05) is 6.07 Å². The fraction of sp³-hybridized carbons (Fsp3) is 0.0154. The quantitative estimate of drug-likeness (QED) is 0.159. The smallest absolute Gasteiger partial charge is 0.135 e. The molecule has 0 N–H and O–H groups in total. The van der Waals surface area contributed by atoms with E-state index in [4.69, 9.17) is 4.42 Å². The monoisotopic (exact) mass is 866 g/mol. The van der Waals surface area contributed by atoms with Crippen molar-refractivity contribution in [1.82, 2.24) is 4.57 Å². The minimum Gasteiger partial charge on any atom is -0.456 e. The Morgan fingerprint density at radius 3 is 1.71 bits per heavy atom. The molecule has 0 atom stereocenters. The molecule has 0 spiro atoms. The highest BCUT2D eigenvalue weighted by molar-refractivity contribution is 6.11. The molecular formula is C65H42N2O. The van der Waals surface area contributed by atoms with Crippen molar-refractivity contribution in [2.75, 3.05) is 4.90 Å². The van der Waals surface area contributed by atoms with Gasteiger partial charge in [0.05, 0.1) is 22.1 Å². The molecule has 2 aromatic heterocycles. The lowest BCUT2D eigenvalue weighted by Gasteiger charge is -2.35. The molecule has 0 saturated heterocycles. The zero-order valence-corrected chi connectivity index (χ0v) is 37.1. The summed E-state index contributed by atoms with van der Waals surface area (Å²) < 4.78 is 8.76. The molecule has 1 aliphatic carbocycles. The van der Waals surface area contributed by atoms with Gasteiger partial charge in [-0.25, -0.2) is 0 Å². The zero-order valence-electron chi connectivity index (χ0n) is 37.1. The van der Waals surface area contributed by atoms with Crippen LogP contribution in [0, 0.1) is 0 Å². The molecule has 318 valence electrons. The van der Waals surface area contributed by atoms with E-state index in [9.17, 15) is 0 Å². The van der Waals surface area contributed by atoms with Gasteiger partial charge in [-0.15, -0.1) is 0 Å². The summed E-state index contributed by atoms with van der Waals surface area (Å²) in [6.45, 7) is 0. The highest BCUT2D eigenvalue weighted by atomic mass is 16.3. The summed E-state index contributed by atoms with van der Waals surface area (Å²) >= 11 is 0. The van der Waals surface area contributed by atoms with Gasteiger partial charge >= 0.3 is 0 Å². The van der Waals surface area contributed by atoms with Gasteiger partial charge in [0.1, 0.15) is 11.2 Å². The van der Waals surface area contributed by atoms with Crippen LogP contribution >= 0.6 is 0 Å². The summed E-state index contributed by atoms with van der Waals surface area (Å²) in [5.41, 5.74) is 17.8. The molecule has 14 rings (SSSR count). The Bertz CT molecular complexity index is 4050. The van der Waals surface area contributed by atoms with Crippen LogP contribution in [-0.2, 0) is 5.41 Å². The number of hydrogen-bond acceptors (Lipinski definition) is 2. The molecule has 0 amide bonds.